The molecule has 0 saturated carbocycles. The van der Waals surface area contributed by atoms with Crippen molar-refractivity contribution in [1.82, 2.24) is 20.2 Å². The lowest BCUT2D eigenvalue weighted by Gasteiger charge is -2.28. The summed E-state index contributed by atoms with van der Waals surface area (Å²) in [4.78, 5) is 36.2. The van der Waals surface area contributed by atoms with Gasteiger partial charge in [0, 0.05) is 18.7 Å². The normalized spacial score (nSPS) is 15.5. The highest BCUT2D eigenvalue weighted by atomic mass is 35.5. The topological polar surface area (TPSA) is 87.3 Å². The number of aromatic nitrogens is 2. The maximum atomic E-state index is 13.1. The van der Waals surface area contributed by atoms with Gasteiger partial charge in [-0.2, -0.15) is 0 Å². The number of aryl methyl sites for hydroxylation is 1. The highest BCUT2D eigenvalue weighted by Gasteiger charge is 2.25. The average molecular weight is 461 g/mol. The number of nitrogens with zero attached hydrogens (tertiary/aromatic N) is 2. The highest BCUT2D eigenvalue weighted by molar-refractivity contribution is 7.20. The van der Waals surface area contributed by atoms with Gasteiger partial charge in [0.25, 0.3) is 11.5 Å². The summed E-state index contributed by atoms with van der Waals surface area (Å²) in [5.41, 5.74) is 1.49. The van der Waals surface area contributed by atoms with Crippen molar-refractivity contribution < 1.29 is 9.53 Å². The molecule has 0 spiro atoms. The summed E-state index contributed by atoms with van der Waals surface area (Å²) in [5.74, 6) is 0.252. The van der Waals surface area contributed by atoms with Gasteiger partial charge >= 0.3 is 0 Å². The van der Waals surface area contributed by atoms with Crippen molar-refractivity contribution in [3.05, 3.63) is 61.5 Å². The lowest BCUT2D eigenvalue weighted by molar-refractivity contribution is 0.0941. The Morgan fingerprint density at radius 1 is 1.39 bits per heavy atom. The zero-order valence-corrected chi connectivity index (χ0v) is 19.1. The Hall–Kier alpha value is -2.26. The number of nitrogens with one attached hydrogen (secondary N) is 2. The molecule has 1 amide bonds. The molecule has 3 heterocycles. The number of ether oxygens (including phenoxy) is 1. The molecule has 0 bridgehead atoms. The molecule has 1 fully saturated rings. The van der Waals surface area contributed by atoms with Gasteiger partial charge in [0.2, 0.25) is 0 Å². The van der Waals surface area contributed by atoms with Gasteiger partial charge in [-0.05, 0) is 56.1 Å². The van der Waals surface area contributed by atoms with Crippen molar-refractivity contribution in [2.24, 2.45) is 0 Å². The summed E-state index contributed by atoms with van der Waals surface area (Å²) >= 11 is 7.45. The first-order valence-electron chi connectivity index (χ1n) is 10.3. The van der Waals surface area contributed by atoms with E-state index in [2.05, 4.69) is 20.2 Å². The van der Waals surface area contributed by atoms with Crippen molar-refractivity contribution in [2.45, 2.75) is 32.4 Å². The summed E-state index contributed by atoms with van der Waals surface area (Å²) in [5, 5.41) is 4.22. The summed E-state index contributed by atoms with van der Waals surface area (Å²) in [7, 11) is 1.54. The highest BCUT2D eigenvalue weighted by Crippen LogP contribution is 2.29. The van der Waals surface area contributed by atoms with E-state index >= 15 is 0 Å². The van der Waals surface area contributed by atoms with Crippen molar-refractivity contribution in [3.8, 4) is 0 Å². The summed E-state index contributed by atoms with van der Waals surface area (Å²) in [6.07, 6.45) is 2.30. The monoisotopic (exact) mass is 460 g/mol. The van der Waals surface area contributed by atoms with E-state index in [4.69, 9.17) is 16.3 Å². The third-order valence-electron chi connectivity index (χ3n) is 5.61. The molecule has 2 N–H and O–H groups in total. The van der Waals surface area contributed by atoms with Crippen LogP contribution in [0.3, 0.4) is 0 Å². The Balaban J connectivity index is 1.58. The fourth-order valence-corrected chi connectivity index (χ4v) is 5.42. The predicted octanol–water partition coefficient (Wildman–Crippen LogP) is 3.66. The van der Waals surface area contributed by atoms with Crippen LogP contribution in [0.2, 0.25) is 5.02 Å². The number of thiophene rings is 1. The average Bonchev–Trinajstić information content (AvgIpc) is 3.37. The largest absolute Gasteiger partial charge is 0.377 e. The Morgan fingerprint density at radius 3 is 2.87 bits per heavy atom. The Bertz CT molecular complexity index is 1150. The fourth-order valence-electron chi connectivity index (χ4n) is 4.10. The first-order chi connectivity index (χ1) is 15.0. The number of hydrogen-bond donors (Lipinski definition) is 2. The van der Waals surface area contributed by atoms with Crippen LogP contribution < -0.4 is 10.9 Å². The van der Waals surface area contributed by atoms with Gasteiger partial charge in [-0.15, -0.1) is 11.3 Å². The van der Waals surface area contributed by atoms with Gasteiger partial charge in [-0.25, -0.2) is 4.98 Å². The summed E-state index contributed by atoms with van der Waals surface area (Å²) < 4.78 is 5.06. The molecule has 1 unspecified atom stereocenters. The number of hydrogen-bond acceptors (Lipinski definition) is 6. The van der Waals surface area contributed by atoms with Gasteiger partial charge in [0.1, 0.15) is 17.3 Å². The molecule has 1 aliphatic rings. The number of H-pyrrole nitrogens is 1. The molecular weight excluding hydrogens is 436 g/mol. The lowest BCUT2D eigenvalue weighted by atomic mass is 10.1. The molecule has 1 atom stereocenters. The number of amides is 1. The summed E-state index contributed by atoms with van der Waals surface area (Å²) in [6.45, 7) is 4.45. The Morgan fingerprint density at radius 2 is 2.16 bits per heavy atom. The van der Waals surface area contributed by atoms with Gasteiger partial charge in [-0.3, -0.25) is 14.5 Å². The van der Waals surface area contributed by atoms with Crippen LogP contribution in [0.5, 0.6) is 0 Å². The third-order valence-corrected chi connectivity index (χ3v) is 7.03. The molecule has 7 nitrogen and oxygen atoms in total. The lowest BCUT2D eigenvalue weighted by Crippen LogP contribution is -2.36. The molecule has 3 aromatic rings. The van der Waals surface area contributed by atoms with Crippen LogP contribution >= 0.6 is 22.9 Å². The van der Waals surface area contributed by atoms with E-state index in [1.54, 1.807) is 14.0 Å². The van der Waals surface area contributed by atoms with Gasteiger partial charge < -0.3 is 15.0 Å². The molecule has 4 rings (SSSR count). The van der Waals surface area contributed by atoms with Crippen LogP contribution in [0.4, 0.5) is 0 Å². The molecule has 164 valence electrons. The van der Waals surface area contributed by atoms with Crippen molar-refractivity contribution in [1.29, 1.82) is 0 Å². The number of rotatable bonds is 7. The minimum absolute atomic E-state index is 0.0506. The maximum Gasteiger partial charge on any atom is 0.261 e. The van der Waals surface area contributed by atoms with E-state index in [9.17, 15) is 9.59 Å². The smallest absolute Gasteiger partial charge is 0.261 e. The molecule has 1 aromatic carbocycles. The van der Waals surface area contributed by atoms with Crippen molar-refractivity contribution in [3.63, 3.8) is 0 Å². The van der Waals surface area contributed by atoms with Crippen molar-refractivity contribution >= 4 is 39.1 Å². The second-order valence-corrected chi connectivity index (χ2v) is 9.14. The van der Waals surface area contributed by atoms with Crippen LogP contribution in [-0.4, -0.2) is 47.5 Å². The van der Waals surface area contributed by atoms with Crippen LogP contribution in [0.25, 0.3) is 10.2 Å². The molecule has 1 saturated heterocycles. The molecular formula is C22H25ClN4O3S. The van der Waals surface area contributed by atoms with Crippen LogP contribution in [0.15, 0.2) is 29.1 Å². The van der Waals surface area contributed by atoms with E-state index < -0.39 is 0 Å². The fraction of sp³-hybridized carbons (Fsp3) is 0.409. The SMILES string of the molecule is COCc1nc2sc(C(=O)NCC(c3cccc(Cl)c3)N3CCCC3)c(C)c2c(=O)[nH]1. The van der Waals surface area contributed by atoms with E-state index in [-0.39, 0.29) is 24.1 Å². The molecule has 31 heavy (non-hydrogen) atoms. The van der Waals surface area contributed by atoms with Crippen LogP contribution in [0.1, 0.15) is 45.5 Å². The number of likely N-dealkylation sites (tertiary alicyclic amines) is 1. The second-order valence-electron chi connectivity index (χ2n) is 7.71. The quantitative estimate of drug-likeness (QED) is 0.561. The Kier molecular flexibility index (Phi) is 6.71. The molecule has 2 aromatic heterocycles. The van der Waals surface area contributed by atoms with Gasteiger partial charge in [0.15, 0.2) is 0 Å². The molecule has 9 heteroatoms. The molecule has 0 aliphatic carbocycles. The molecule has 0 radical (unpaired) electrons. The number of fused-ring (bicyclic) bond motifs is 1. The maximum absolute atomic E-state index is 13.1. The standard InChI is InChI=1S/C22H25ClN4O3S/c1-13-18-20(28)25-17(12-30-2)26-22(18)31-19(13)21(29)24-11-16(27-8-3-4-9-27)14-6-5-7-15(23)10-14/h5-7,10,16H,3-4,8-9,11-12H2,1-2H3,(H,24,29)(H,25,26,28). The number of aromatic amines is 1. The van der Waals surface area contributed by atoms with Crippen LogP contribution in [-0.2, 0) is 11.3 Å². The zero-order chi connectivity index (χ0) is 22.0. The number of carbonyl (C=O) groups is 1. The minimum atomic E-state index is -0.251. The van der Waals surface area contributed by atoms with Gasteiger partial charge in [0.05, 0.1) is 16.3 Å². The number of halogens is 1. The van der Waals surface area contributed by atoms with E-state index in [1.807, 2.05) is 24.3 Å². The van der Waals surface area contributed by atoms with Crippen LogP contribution in [0, 0.1) is 6.92 Å². The van der Waals surface area contributed by atoms with E-state index in [0.717, 1.165) is 31.5 Å². The van der Waals surface area contributed by atoms with Gasteiger partial charge in [-0.1, -0.05) is 23.7 Å². The van der Waals surface area contributed by atoms with E-state index in [0.29, 0.717) is 38.0 Å². The third kappa shape index (κ3) is 4.67. The number of methoxy groups -OCH3 is 1. The number of benzene rings is 1. The minimum Gasteiger partial charge on any atom is -0.377 e. The zero-order valence-electron chi connectivity index (χ0n) is 17.5. The first-order valence-corrected chi connectivity index (χ1v) is 11.5. The Labute approximate surface area is 189 Å². The second kappa shape index (κ2) is 9.48. The number of carbonyl (C=O) groups excluding carboxylic acids is 1. The molecule has 1 aliphatic heterocycles. The predicted molar refractivity (Wildman–Crippen MR) is 123 cm³/mol. The summed E-state index contributed by atoms with van der Waals surface area (Å²) in [6, 6.07) is 7.85. The van der Waals surface area contributed by atoms with Crippen molar-refractivity contribution in [2.75, 3.05) is 26.7 Å². The first kappa shape index (κ1) is 22.0. The van der Waals surface area contributed by atoms with E-state index in [1.165, 1.54) is 11.3 Å².